The zero-order valence-corrected chi connectivity index (χ0v) is 11.8. The van der Waals surface area contributed by atoms with E-state index in [2.05, 4.69) is 0 Å². The molecule has 0 heterocycles. The monoisotopic (exact) mass is 294 g/mol. The van der Waals surface area contributed by atoms with Crippen molar-refractivity contribution < 1.29 is 19.6 Å². The van der Waals surface area contributed by atoms with Crippen molar-refractivity contribution >= 4 is 11.7 Å². The Morgan fingerprint density at radius 1 is 1.52 bits per heavy atom. The number of carbonyl (C=O) groups is 1. The molecule has 1 aromatic rings. The number of ether oxygens (including phenoxy) is 1. The molecule has 7 heteroatoms. The second-order valence-corrected chi connectivity index (χ2v) is 5.06. The van der Waals surface area contributed by atoms with Crippen LogP contribution in [0.3, 0.4) is 0 Å². The highest BCUT2D eigenvalue weighted by Crippen LogP contribution is 2.29. The largest absolute Gasteiger partial charge is 0.485 e. The zero-order chi connectivity index (χ0) is 15.4. The third-order valence-electron chi connectivity index (χ3n) is 3.54. The number of nitrogens with zero attached hydrogens (tertiary/aromatic N) is 2. The van der Waals surface area contributed by atoms with Crippen LogP contribution in [-0.2, 0) is 4.79 Å². The lowest BCUT2D eigenvalue weighted by Crippen LogP contribution is -2.42. The quantitative estimate of drug-likeness (QED) is 0.581. The molecular formula is C14H18N2O5. The molecule has 1 aliphatic carbocycles. The van der Waals surface area contributed by atoms with E-state index < -0.39 is 16.9 Å². The minimum atomic E-state index is -0.868. The summed E-state index contributed by atoms with van der Waals surface area (Å²) < 4.78 is 5.46. The summed E-state index contributed by atoms with van der Waals surface area (Å²) in [5, 5.41) is 20.0. The Bertz CT molecular complexity index is 530. The molecule has 114 valence electrons. The summed E-state index contributed by atoms with van der Waals surface area (Å²) in [6.07, 6.45) is 1.98. The molecule has 1 aliphatic rings. The number of carboxylic acids is 1. The van der Waals surface area contributed by atoms with Gasteiger partial charge in [-0.15, -0.1) is 0 Å². The van der Waals surface area contributed by atoms with Crippen molar-refractivity contribution in [1.29, 1.82) is 0 Å². The van der Waals surface area contributed by atoms with Gasteiger partial charge in [0.1, 0.15) is 12.6 Å². The highest BCUT2D eigenvalue weighted by molar-refractivity contribution is 5.73. The molecule has 1 unspecified atom stereocenters. The van der Waals surface area contributed by atoms with E-state index in [4.69, 9.17) is 9.84 Å². The molecule has 1 fully saturated rings. The van der Waals surface area contributed by atoms with E-state index >= 15 is 0 Å². The van der Waals surface area contributed by atoms with Crippen molar-refractivity contribution in [2.45, 2.75) is 31.8 Å². The Hall–Kier alpha value is -2.15. The van der Waals surface area contributed by atoms with Gasteiger partial charge in [0.25, 0.3) is 0 Å². The highest BCUT2D eigenvalue weighted by atomic mass is 16.6. The van der Waals surface area contributed by atoms with Crippen molar-refractivity contribution in [3.05, 3.63) is 34.4 Å². The topological polar surface area (TPSA) is 92.9 Å². The van der Waals surface area contributed by atoms with Crippen LogP contribution in [0.5, 0.6) is 5.75 Å². The Kier molecular flexibility index (Phi) is 4.74. The van der Waals surface area contributed by atoms with Crippen LogP contribution in [0.15, 0.2) is 24.3 Å². The molecule has 0 aromatic heterocycles. The van der Waals surface area contributed by atoms with Crippen LogP contribution < -0.4 is 4.74 Å². The first-order valence-corrected chi connectivity index (χ1v) is 6.85. The van der Waals surface area contributed by atoms with E-state index in [1.165, 1.54) is 6.07 Å². The van der Waals surface area contributed by atoms with E-state index in [1.54, 1.807) is 25.1 Å². The number of carboxylic acid groups (broad SMARTS) is 1. The van der Waals surface area contributed by atoms with Crippen LogP contribution >= 0.6 is 0 Å². The maximum atomic E-state index is 11.1. The Labute approximate surface area is 122 Å². The minimum Gasteiger partial charge on any atom is -0.485 e. The van der Waals surface area contributed by atoms with E-state index in [0.717, 1.165) is 12.8 Å². The average molecular weight is 294 g/mol. The molecule has 0 amide bonds. The van der Waals surface area contributed by atoms with Crippen molar-refractivity contribution in [3.63, 3.8) is 0 Å². The third-order valence-corrected chi connectivity index (χ3v) is 3.54. The molecule has 0 aliphatic heterocycles. The number of para-hydroxylation sites is 2. The second kappa shape index (κ2) is 6.53. The lowest BCUT2D eigenvalue weighted by Gasteiger charge is -2.25. The summed E-state index contributed by atoms with van der Waals surface area (Å²) in [5.41, 5.74) is -0.0817. The average Bonchev–Trinajstić information content (AvgIpc) is 3.27. The SMILES string of the molecule is CC(C(=O)O)N(CCOc1ccccc1[N+](=O)[O-])C1CC1. The van der Waals surface area contributed by atoms with E-state index in [-0.39, 0.29) is 24.1 Å². The molecule has 1 aromatic carbocycles. The first kappa shape index (κ1) is 15.2. The van der Waals surface area contributed by atoms with Gasteiger partial charge in [-0.2, -0.15) is 0 Å². The molecule has 0 spiro atoms. The van der Waals surface area contributed by atoms with Crippen molar-refractivity contribution in [1.82, 2.24) is 4.90 Å². The van der Waals surface area contributed by atoms with Gasteiger partial charge in [-0.3, -0.25) is 19.8 Å². The molecule has 0 radical (unpaired) electrons. The molecule has 0 saturated heterocycles. The van der Waals surface area contributed by atoms with Gasteiger partial charge < -0.3 is 9.84 Å². The first-order chi connectivity index (χ1) is 10.0. The van der Waals surface area contributed by atoms with E-state index in [1.807, 2.05) is 4.90 Å². The van der Waals surface area contributed by atoms with Crippen LogP contribution in [0.1, 0.15) is 19.8 Å². The summed E-state index contributed by atoms with van der Waals surface area (Å²) in [6.45, 7) is 2.30. The van der Waals surface area contributed by atoms with Crippen LogP contribution in [0.25, 0.3) is 0 Å². The van der Waals surface area contributed by atoms with Gasteiger partial charge in [0.2, 0.25) is 0 Å². The number of hydrogen-bond acceptors (Lipinski definition) is 5. The maximum absolute atomic E-state index is 11.1. The smallest absolute Gasteiger partial charge is 0.320 e. The third kappa shape index (κ3) is 3.91. The fraction of sp³-hybridized carbons (Fsp3) is 0.500. The molecule has 1 saturated carbocycles. The normalized spacial score (nSPS) is 15.7. The van der Waals surface area contributed by atoms with Crippen LogP contribution in [0, 0.1) is 10.1 Å². The van der Waals surface area contributed by atoms with Gasteiger partial charge in [0.05, 0.1) is 4.92 Å². The number of nitro benzene ring substituents is 1. The second-order valence-electron chi connectivity index (χ2n) is 5.06. The standard InChI is InChI=1S/C14H18N2O5/c1-10(14(17)18)15(11-6-7-11)8-9-21-13-5-3-2-4-12(13)16(19)20/h2-5,10-11H,6-9H2,1H3,(H,17,18). The number of rotatable bonds is 8. The summed E-state index contributed by atoms with van der Waals surface area (Å²) in [4.78, 5) is 23.3. The highest BCUT2D eigenvalue weighted by Gasteiger charge is 2.34. The van der Waals surface area contributed by atoms with Crippen LogP contribution in [-0.4, -0.2) is 46.1 Å². The summed E-state index contributed by atoms with van der Waals surface area (Å²) in [5.74, 6) is -0.659. The molecule has 1 atom stereocenters. The number of benzene rings is 1. The predicted molar refractivity (Wildman–Crippen MR) is 75.4 cm³/mol. The van der Waals surface area contributed by atoms with Gasteiger partial charge >= 0.3 is 11.7 Å². The molecular weight excluding hydrogens is 276 g/mol. The minimum absolute atomic E-state index is 0.0817. The van der Waals surface area contributed by atoms with Gasteiger partial charge in [0, 0.05) is 18.7 Å². The van der Waals surface area contributed by atoms with Crippen molar-refractivity contribution in [2.75, 3.05) is 13.2 Å². The fourth-order valence-electron chi connectivity index (χ4n) is 2.23. The molecule has 7 nitrogen and oxygen atoms in total. The first-order valence-electron chi connectivity index (χ1n) is 6.85. The predicted octanol–water partition coefficient (Wildman–Crippen LogP) is 1.91. The summed E-state index contributed by atoms with van der Waals surface area (Å²) in [7, 11) is 0. The van der Waals surface area contributed by atoms with Gasteiger partial charge in [0.15, 0.2) is 5.75 Å². The van der Waals surface area contributed by atoms with Crippen molar-refractivity contribution in [3.8, 4) is 5.75 Å². The number of nitro groups is 1. The maximum Gasteiger partial charge on any atom is 0.320 e. The summed E-state index contributed by atoms with van der Waals surface area (Å²) >= 11 is 0. The Morgan fingerprint density at radius 3 is 2.76 bits per heavy atom. The number of aliphatic carboxylic acids is 1. The van der Waals surface area contributed by atoms with Crippen LogP contribution in [0.4, 0.5) is 5.69 Å². The van der Waals surface area contributed by atoms with Crippen LogP contribution in [0.2, 0.25) is 0 Å². The Morgan fingerprint density at radius 2 is 2.19 bits per heavy atom. The lowest BCUT2D eigenvalue weighted by molar-refractivity contribution is -0.385. The fourth-order valence-corrected chi connectivity index (χ4v) is 2.23. The summed E-state index contributed by atoms with van der Waals surface area (Å²) in [6, 6.07) is 5.88. The molecule has 2 rings (SSSR count). The van der Waals surface area contributed by atoms with Gasteiger partial charge in [-0.1, -0.05) is 12.1 Å². The molecule has 0 bridgehead atoms. The molecule has 1 N–H and O–H groups in total. The lowest BCUT2D eigenvalue weighted by atomic mass is 10.2. The Balaban J connectivity index is 1.94. The molecule has 21 heavy (non-hydrogen) atoms. The zero-order valence-electron chi connectivity index (χ0n) is 11.8. The van der Waals surface area contributed by atoms with E-state index in [0.29, 0.717) is 6.54 Å². The van der Waals surface area contributed by atoms with Gasteiger partial charge in [-0.05, 0) is 25.8 Å². The van der Waals surface area contributed by atoms with Crippen molar-refractivity contribution in [2.24, 2.45) is 0 Å². The van der Waals surface area contributed by atoms with E-state index in [9.17, 15) is 14.9 Å². The number of hydrogen-bond donors (Lipinski definition) is 1. The van der Waals surface area contributed by atoms with Gasteiger partial charge in [-0.25, -0.2) is 0 Å².